The molecule has 0 aliphatic carbocycles. The molecule has 0 fully saturated rings. The topological polar surface area (TPSA) is 12.0 Å². The molecule has 0 amide bonds. The van der Waals surface area contributed by atoms with Crippen molar-refractivity contribution >= 4 is 23.4 Å². The Hall–Kier alpha value is -1.03. The van der Waals surface area contributed by atoms with E-state index >= 15 is 0 Å². The Morgan fingerprint density at radius 1 is 1.05 bits per heavy atom. The third-order valence-corrected chi connectivity index (χ3v) is 4.62. The fourth-order valence-electron chi connectivity index (χ4n) is 2.31. The van der Waals surface area contributed by atoms with Crippen molar-refractivity contribution in [3.8, 4) is 0 Å². The maximum Gasteiger partial charge on any atom is 0.124 e. The van der Waals surface area contributed by atoms with E-state index in [4.69, 9.17) is 11.6 Å². The minimum absolute atomic E-state index is 0.0494. The fourth-order valence-corrected chi connectivity index (χ4v) is 3.05. The lowest BCUT2D eigenvalue weighted by atomic mass is 10.0. The van der Waals surface area contributed by atoms with Crippen LogP contribution >= 0.6 is 23.4 Å². The van der Waals surface area contributed by atoms with Crippen molar-refractivity contribution in [3.05, 3.63) is 64.4 Å². The summed E-state index contributed by atoms with van der Waals surface area (Å²) in [6.45, 7) is 4.15. The van der Waals surface area contributed by atoms with Gasteiger partial charge in [0.05, 0.1) is 0 Å². The number of benzene rings is 2. The Morgan fingerprint density at radius 3 is 2.29 bits per heavy atom. The van der Waals surface area contributed by atoms with Gasteiger partial charge >= 0.3 is 0 Å². The van der Waals surface area contributed by atoms with E-state index in [1.165, 1.54) is 22.6 Å². The molecule has 0 spiro atoms. The van der Waals surface area contributed by atoms with Crippen LogP contribution in [-0.2, 0) is 0 Å². The summed E-state index contributed by atoms with van der Waals surface area (Å²) in [6, 6.07) is 13.3. The van der Waals surface area contributed by atoms with Crippen LogP contribution in [0.2, 0.25) is 5.02 Å². The van der Waals surface area contributed by atoms with E-state index in [0.717, 1.165) is 5.56 Å². The number of hydrogen-bond acceptors (Lipinski definition) is 2. The molecule has 0 saturated carbocycles. The second kappa shape index (κ2) is 7.30. The van der Waals surface area contributed by atoms with Crippen LogP contribution in [0.4, 0.5) is 4.39 Å². The minimum Gasteiger partial charge on any atom is -0.304 e. The molecular formula is C17H19ClFNS. The second-order valence-corrected chi connectivity index (χ2v) is 6.34. The lowest BCUT2D eigenvalue weighted by Gasteiger charge is -2.22. The average molecular weight is 324 g/mol. The lowest BCUT2D eigenvalue weighted by molar-refractivity contribution is 0.494. The van der Waals surface area contributed by atoms with E-state index in [1.807, 2.05) is 6.92 Å². The molecule has 0 bridgehead atoms. The van der Waals surface area contributed by atoms with Crippen LogP contribution in [-0.4, -0.2) is 6.26 Å². The van der Waals surface area contributed by atoms with E-state index in [2.05, 4.69) is 42.8 Å². The van der Waals surface area contributed by atoms with Crippen LogP contribution < -0.4 is 5.32 Å². The zero-order chi connectivity index (χ0) is 15.4. The smallest absolute Gasteiger partial charge is 0.124 e. The minimum atomic E-state index is -0.309. The van der Waals surface area contributed by atoms with Gasteiger partial charge in [0.25, 0.3) is 0 Å². The van der Waals surface area contributed by atoms with E-state index in [-0.39, 0.29) is 17.9 Å². The summed E-state index contributed by atoms with van der Waals surface area (Å²) in [5, 5.41) is 3.95. The molecule has 2 aromatic rings. The SMILES string of the molecule is CSc1ccc(C(C)NC(C)c2ccc(F)cc2Cl)cc1. The van der Waals surface area contributed by atoms with Crippen molar-refractivity contribution in [2.75, 3.05) is 6.26 Å². The summed E-state index contributed by atoms with van der Waals surface area (Å²) < 4.78 is 13.1. The number of nitrogens with one attached hydrogen (secondary N) is 1. The Bertz CT molecular complexity index is 600. The summed E-state index contributed by atoms with van der Waals surface area (Å²) in [6.07, 6.45) is 2.06. The highest BCUT2D eigenvalue weighted by molar-refractivity contribution is 7.98. The number of halogens is 2. The van der Waals surface area contributed by atoms with Crippen LogP contribution in [0.25, 0.3) is 0 Å². The predicted octanol–water partition coefficient (Wildman–Crippen LogP) is 5.61. The van der Waals surface area contributed by atoms with Gasteiger partial charge in [0.2, 0.25) is 0 Å². The van der Waals surface area contributed by atoms with E-state index in [0.29, 0.717) is 5.02 Å². The highest BCUT2D eigenvalue weighted by atomic mass is 35.5. The first-order chi connectivity index (χ1) is 10.0. The van der Waals surface area contributed by atoms with Crippen LogP contribution in [0.5, 0.6) is 0 Å². The zero-order valence-corrected chi connectivity index (χ0v) is 13.9. The number of thioether (sulfide) groups is 1. The van der Waals surface area contributed by atoms with Gasteiger partial charge in [-0.3, -0.25) is 0 Å². The second-order valence-electron chi connectivity index (χ2n) is 5.05. The van der Waals surface area contributed by atoms with E-state index in [1.54, 1.807) is 17.8 Å². The quantitative estimate of drug-likeness (QED) is 0.717. The molecule has 2 atom stereocenters. The van der Waals surface area contributed by atoms with E-state index < -0.39 is 0 Å². The Labute approximate surface area is 134 Å². The predicted molar refractivity (Wildman–Crippen MR) is 89.6 cm³/mol. The zero-order valence-electron chi connectivity index (χ0n) is 12.4. The first-order valence-electron chi connectivity index (χ1n) is 6.86. The summed E-state index contributed by atoms with van der Waals surface area (Å²) in [4.78, 5) is 1.25. The van der Waals surface area contributed by atoms with Gasteiger partial charge < -0.3 is 5.32 Å². The lowest BCUT2D eigenvalue weighted by Crippen LogP contribution is -2.22. The van der Waals surface area contributed by atoms with Gasteiger partial charge in [0.1, 0.15) is 5.82 Å². The molecule has 0 saturated heterocycles. The Morgan fingerprint density at radius 2 is 1.71 bits per heavy atom. The van der Waals surface area contributed by atoms with Gasteiger partial charge in [0.15, 0.2) is 0 Å². The van der Waals surface area contributed by atoms with Crippen molar-refractivity contribution in [1.82, 2.24) is 5.32 Å². The van der Waals surface area contributed by atoms with Crippen molar-refractivity contribution < 1.29 is 4.39 Å². The largest absolute Gasteiger partial charge is 0.304 e. The van der Waals surface area contributed by atoms with Gasteiger partial charge in [-0.25, -0.2) is 4.39 Å². The molecule has 0 aliphatic heterocycles. The highest BCUT2D eigenvalue weighted by Gasteiger charge is 2.14. The molecule has 2 aromatic carbocycles. The fraction of sp³-hybridized carbons (Fsp3) is 0.294. The maximum absolute atomic E-state index is 13.1. The maximum atomic E-state index is 13.1. The van der Waals surface area contributed by atoms with Gasteiger partial charge in [-0.05, 0) is 55.5 Å². The summed E-state index contributed by atoms with van der Waals surface area (Å²) >= 11 is 7.84. The molecule has 112 valence electrons. The standard InChI is InChI=1S/C17H19ClFNS/c1-11(13-4-7-15(21-3)8-5-13)20-12(2)16-9-6-14(19)10-17(16)18/h4-12,20H,1-3H3. The van der Waals surface area contributed by atoms with Crippen LogP contribution in [0.15, 0.2) is 47.4 Å². The summed E-state index contributed by atoms with van der Waals surface area (Å²) in [5.74, 6) is -0.309. The van der Waals surface area contributed by atoms with Crippen LogP contribution in [0.1, 0.15) is 37.1 Å². The normalized spacial score (nSPS) is 14.0. The molecular weight excluding hydrogens is 305 g/mol. The van der Waals surface area contributed by atoms with E-state index in [9.17, 15) is 4.39 Å². The summed E-state index contributed by atoms with van der Waals surface area (Å²) in [5.41, 5.74) is 2.13. The molecule has 1 N–H and O–H groups in total. The molecule has 0 heterocycles. The van der Waals surface area contributed by atoms with Crippen LogP contribution in [0, 0.1) is 5.82 Å². The molecule has 0 aromatic heterocycles. The highest BCUT2D eigenvalue weighted by Crippen LogP contribution is 2.26. The van der Waals surface area contributed by atoms with Crippen molar-refractivity contribution in [2.24, 2.45) is 0 Å². The van der Waals surface area contributed by atoms with Crippen LogP contribution in [0.3, 0.4) is 0 Å². The Kier molecular flexibility index (Phi) is 5.68. The van der Waals surface area contributed by atoms with Gasteiger partial charge in [-0.2, -0.15) is 0 Å². The molecule has 2 rings (SSSR count). The Balaban J connectivity index is 2.08. The summed E-state index contributed by atoms with van der Waals surface area (Å²) in [7, 11) is 0. The molecule has 0 radical (unpaired) electrons. The molecule has 1 nitrogen and oxygen atoms in total. The van der Waals surface area contributed by atoms with Crippen molar-refractivity contribution in [2.45, 2.75) is 30.8 Å². The molecule has 21 heavy (non-hydrogen) atoms. The molecule has 2 unspecified atom stereocenters. The first-order valence-corrected chi connectivity index (χ1v) is 8.46. The van der Waals surface area contributed by atoms with Crippen molar-refractivity contribution in [1.29, 1.82) is 0 Å². The van der Waals surface area contributed by atoms with Gasteiger partial charge in [0, 0.05) is 22.0 Å². The average Bonchev–Trinajstić information content (AvgIpc) is 2.47. The van der Waals surface area contributed by atoms with Gasteiger partial charge in [-0.15, -0.1) is 11.8 Å². The number of hydrogen-bond donors (Lipinski definition) is 1. The third kappa shape index (κ3) is 4.22. The van der Waals surface area contributed by atoms with Crippen molar-refractivity contribution in [3.63, 3.8) is 0 Å². The number of rotatable bonds is 5. The molecule has 0 aliphatic rings. The first kappa shape index (κ1) is 16.3. The monoisotopic (exact) mass is 323 g/mol. The third-order valence-electron chi connectivity index (χ3n) is 3.54. The van der Waals surface area contributed by atoms with Gasteiger partial charge in [-0.1, -0.05) is 29.8 Å². The molecule has 4 heteroatoms.